The first kappa shape index (κ1) is 29.6. The van der Waals surface area contributed by atoms with E-state index in [1.165, 1.54) is 0 Å². The van der Waals surface area contributed by atoms with Crippen LogP contribution in [0, 0.1) is 18.3 Å². The van der Waals surface area contributed by atoms with Crippen molar-refractivity contribution < 1.29 is 9.59 Å². The Morgan fingerprint density at radius 3 is 2.20 bits per heavy atom. The molecule has 2 aromatic carbocycles. The van der Waals surface area contributed by atoms with Crippen molar-refractivity contribution in [3.63, 3.8) is 0 Å². The van der Waals surface area contributed by atoms with E-state index in [1.54, 1.807) is 37.4 Å². The van der Waals surface area contributed by atoms with E-state index in [0.717, 1.165) is 30.5 Å². The molecule has 0 bridgehead atoms. The summed E-state index contributed by atoms with van der Waals surface area (Å²) in [7, 11) is 1.62. The second-order valence-electron chi connectivity index (χ2n) is 5.32. The van der Waals surface area contributed by atoms with E-state index >= 15 is 0 Å². The van der Waals surface area contributed by atoms with Gasteiger partial charge in [0.2, 0.25) is 6.41 Å². The van der Waals surface area contributed by atoms with Gasteiger partial charge in [0.1, 0.15) is 12.4 Å². The van der Waals surface area contributed by atoms with Crippen LogP contribution in [-0.4, -0.2) is 26.3 Å². The third-order valence-electron chi connectivity index (χ3n) is 3.26. The summed E-state index contributed by atoms with van der Waals surface area (Å²) in [5.41, 5.74) is 7.68. The van der Waals surface area contributed by atoms with Crippen molar-refractivity contribution in [1.29, 1.82) is 5.26 Å². The van der Waals surface area contributed by atoms with Gasteiger partial charge in [-0.15, -0.1) is 0 Å². The van der Waals surface area contributed by atoms with E-state index in [9.17, 15) is 9.59 Å². The van der Waals surface area contributed by atoms with Crippen molar-refractivity contribution in [3.05, 3.63) is 63.1 Å². The molecule has 0 aromatic heterocycles. The topological polar surface area (TPSA) is 94.0 Å². The normalized spacial score (nSPS) is 8.47. The summed E-state index contributed by atoms with van der Waals surface area (Å²) in [6.45, 7) is 8.94. The van der Waals surface area contributed by atoms with Gasteiger partial charge in [-0.2, -0.15) is 5.26 Å². The minimum atomic E-state index is 0.534. The lowest BCUT2D eigenvalue weighted by molar-refractivity contribution is -0.110. The molecule has 164 valence electrons. The minimum absolute atomic E-state index is 0.534. The number of hydrogen-bond acceptors (Lipinski definition) is 5. The molecule has 0 spiro atoms. The van der Waals surface area contributed by atoms with Crippen LogP contribution in [0.25, 0.3) is 0 Å². The summed E-state index contributed by atoms with van der Waals surface area (Å²) in [6.07, 6.45) is 2.41. The number of rotatable bonds is 6. The van der Waals surface area contributed by atoms with Crippen molar-refractivity contribution in [3.8, 4) is 6.07 Å². The Labute approximate surface area is 189 Å². The SMILES string of the molecule is CC.CCCNc1ccc(C#N)c(Cl)c1C.CNNC=O.O=Cc1cccc(Cl)c1. The van der Waals surface area contributed by atoms with Crippen LogP contribution in [0.15, 0.2) is 36.4 Å². The van der Waals surface area contributed by atoms with Crippen molar-refractivity contribution >= 4 is 41.6 Å². The predicted molar refractivity (Wildman–Crippen MR) is 126 cm³/mol. The molecule has 0 aliphatic carbocycles. The first-order valence-electron chi connectivity index (χ1n) is 9.44. The number of amides is 1. The maximum Gasteiger partial charge on any atom is 0.221 e. The van der Waals surface area contributed by atoms with Crippen LogP contribution in [0.4, 0.5) is 5.69 Å². The summed E-state index contributed by atoms with van der Waals surface area (Å²) in [5, 5.41) is 13.2. The molecule has 0 aliphatic heterocycles. The third-order valence-corrected chi connectivity index (χ3v) is 3.98. The molecular weight excluding hydrogens is 423 g/mol. The highest BCUT2D eigenvalue weighted by Gasteiger charge is 2.06. The quantitative estimate of drug-likeness (QED) is 0.403. The number of aldehydes is 1. The number of anilines is 1. The van der Waals surface area contributed by atoms with Gasteiger partial charge in [0.15, 0.2) is 0 Å². The maximum absolute atomic E-state index is 10.1. The molecular formula is C22H30Cl2N4O2. The van der Waals surface area contributed by atoms with Gasteiger partial charge >= 0.3 is 0 Å². The molecule has 0 fully saturated rings. The lowest BCUT2D eigenvalue weighted by atomic mass is 10.1. The van der Waals surface area contributed by atoms with Crippen LogP contribution in [0.5, 0.6) is 0 Å². The molecule has 0 saturated heterocycles. The molecule has 0 radical (unpaired) electrons. The zero-order chi connectivity index (χ0) is 23.4. The van der Waals surface area contributed by atoms with E-state index in [1.807, 2.05) is 26.8 Å². The first-order valence-corrected chi connectivity index (χ1v) is 10.2. The van der Waals surface area contributed by atoms with Gasteiger partial charge < -0.3 is 5.32 Å². The highest BCUT2D eigenvalue weighted by molar-refractivity contribution is 6.32. The lowest BCUT2D eigenvalue weighted by Crippen LogP contribution is -2.24. The van der Waals surface area contributed by atoms with Crippen LogP contribution in [0.1, 0.15) is 48.7 Å². The van der Waals surface area contributed by atoms with Gasteiger partial charge in [-0.3, -0.25) is 15.0 Å². The van der Waals surface area contributed by atoms with Gasteiger partial charge in [0.25, 0.3) is 0 Å². The van der Waals surface area contributed by atoms with E-state index < -0.39 is 0 Å². The molecule has 0 heterocycles. The van der Waals surface area contributed by atoms with Gasteiger partial charge in [-0.05, 0) is 43.2 Å². The lowest BCUT2D eigenvalue weighted by Gasteiger charge is -2.10. The monoisotopic (exact) mass is 452 g/mol. The molecule has 0 saturated carbocycles. The number of nitriles is 1. The Bertz CT molecular complexity index is 793. The van der Waals surface area contributed by atoms with Crippen LogP contribution >= 0.6 is 23.2 Å². The predicted octanol–water partition coefficient (Wildman–Crippen LogP) is 5.39. The fourth-order valence-electron chi connectivity index (χ4n) is 1.86. The van der Waals surface area contributed by atoms with Crippen molar-refractivity contribution in [2.24, 2.45) is 0 Å². The fourth-order valence-corrected chi connectivity index (χ4v) is 2.27. The Morgan fingerprint density at radius 2 is 1.80 bits per heavy atom. The van der Waals surface area contributed by atoms with Gasteiger partial charge in [-0.25, -0.2) is 5.43 Å². The van der Waals surface area contributed by atoms with Gasteiger partial charge in [0, 0.05) is 29.9 Å². The average Bonchev–Trinajstić information content (AvgIpc) is 2.77. The second-order valence-corrected chi connectivity index (χ2v) is 6.14. The number of carbonyl (C=O) groups excluding carboxylic acids is 2. The van der Waals surface area contributed by atoms with Crippen molar-refractivity contribution in [1.82, 2.24) is 10.9 Å². The Hall–Kier alpha value is -2.59. The van der Waals surface area contributed by atoms with Crippen molar-refractivity contribution in [2.45, 2.75) is 34.1 Å². The van der Waals surface area contributed by atoms with Crippen molar-refractivity contribution in [2.75, 3.05) is 18.9 Å². The minimum Gasteiger partial charge on any atom is -0.385 e. The number of benzene rings is 2. The van der Waals surface area contributed by atoms with E-state index in [2.05, 4.69) is 29.2 Å². The zero-order valence-electron chi connectivity index (χ0n) is 18.1. The number of nitrogens with one attached hydrogen (secondary N) is 3. The summed E-state index contributed by atoms with van der Waals surface area (Å²) in [6, 6.07) is 12.5. The van der Waals surface area contributed by atoms with Crippen LogP contribution in [0.2, 0.25) is 10.0 Å². The summed E-state index contributed by atoms with van der Waals surface area (Å²) in [5.74, 6) is 0. The summed E-state index contributed by atoms with van der Waals surface area (Å²) in [4.78, 5) is 19.3. The van der Waals surface area contributed by atoms with Crippen LogP contribution in [0.3, 0.4) is 0 Å². The largest absolute Gasteiger partial charge is 0.385 e. The van der Waals surface area contributed by atoms with Gasteiger partial charge in [-0.1, -0.05) is 56.1 Å². The fraction of sp³-hybridized carbons (Fsp3) is 0.318. The molecule has 30 heavy (non-hydrogen) atoms. The van der Waals surface area contributed by atoms with Gasteiger partial charge in [0.05, 0.1) is 10.6 Å². The van der Waals surface area contributed by atoms with Crippen LogP contribution in [-0.2, 0) is 4.79 Å². The molecule has 2 aromatic rings. The Kier molecular flexibility index (Phi) is 19.5. The zero-order valence-corrected chi connectivity index (χ0v) is 19.6. The average molecular weight is 453 g/mol. The van der Waals surface area contributed by atoms with E-state index in [-0.39, 0.29) is 0 Å². The summed E-state index contributed by atoms with van der Waals surface area (Å²) >= 11 is 11.6. The highest BCUT2D eigenvalue weighted by atomic mass is 35.5. The number of hydrazine groups is 1. The second kappa shape index (κ2) is 19.7. The van der Waals surface area contributed by atoms with E-state index in [4.69, 9.17) is 28.5 Å². The number of carbonyl (C=O) groups is 2. The Balaban J connectivity index is 0. The molecule has 6 nitrogen and oxygen atoms in total. The molecule has 0 aliphatic rings. The molecule has 0 unspecified atom stereocenters. The van der Waals surface area contributed by atoms with E-state index in [0.29, 0.717) is 27.6 Å². The standard InChI is InChI=1S/C11H13ClN2.C7H5ClO.C2H6N2O.C2H6/c1-3-6-14-10-5-4-9(7-13)11(12)8(10)2;8-7-3-1-2-6(4-7)5-9;1-3-4-2-5;1-2/h4-5,14H,3,6H2,1-2H3;1-5H;2-3H,1H3,(H,4,5);1-2H3. The van der Waals surface area contributed by atoms with Crippen LogP contribution < -0.4 is 16.2 Å². The number of halogens is 2. The third kappa shape index (κ3) is 12.8. The first-order chi connectivity index (χ1) is 14.4. The highest BCUT2D eigenvalue weighted by Crippen LogP contribution is 2.26. The molecule has 3 N–H and O–H groups in total. The smallest absolute Gasteiger partial charge is 0.221 e. The molecule has 8 heteroatoms. The molecule has 0 atom stereocenters. The molecule has 2 rings (SSSR count). The number of hydrogen-bond donors (Lipinski definition) is 3. The maximum atomic E-state index is 10.1. The summed E-state index contributed by atoms with van der Waals surface area (Å²) < 4.78 is 0. The molecule has 1 amide bonds. The Morgan fingerprint density at radius 1 is 1.13 bits per heavy atom. The number of nitrogens with zero attached hydrogens (tertiary/aromatic N) is 1.